The summed E-state index contributed by atoms with van der Waals surface area (Å²) in [5.41, 5.74) is 28.9. The molecule has 0 aliphatic carbocycles. The van der Waals surface area contributed by atoms with Crippen molar-refractivity contribution in [2.45, 2.75) is 120 Å². The summed E-state index contributed by atoms with van der Waals surface area (Å²) in [5.74, 6) is -6.63. The van der Waals surface area contributed by atoms with Crippen LogP contribution in [0.3, 0.4) is 0 Å². The zero-order valence-electron chi connectivity index (χ0n) is 40.3. The van der Waals surface area contributed by atoms with E-state index in [1.54, 1.807) is 56.3 Å². The van der Waals surface area contributed by atoms with Crippen LogP contribution in [0.15, 0.2) is 64.6 Å². The minimum atomic E-state index is -1.27. The molecule has 2 aliphatic rings. The van der Waals surface area contributed by atoms with Crippen molar-refractivity contribution in [1.29, 1.82) is 0 Å². The third-order valence-electron chi connectivity index (χ3n) is 12.1. The number of aliphatic carboxylic acids is 1. The third-order valence-corrected chi connectivity index (χ3v) is 12.1. The second-order valence-electron chi connectivity index (χ2n) is 18.0. The first-order chi connectivity index (χ1) is 33.7. The molecular weight excluding hydrogens is 921 g/mol. The van der Waals surface area contributed by atoms with Crippen molar-refractivity contribution in [3.8, 4) is 5.75 Å². The predicted molar refractivity (Wildman–Crippen MR) is 262 cm³/mol. The van der Waals surface area contributed by atoms with Crippen molar-refractivity contribution in [2.24, 2.45) is 44.6 Å². The first kappa shape index (κ1) is 56.1. The Hall–Kier alpha value is -7.50. The molecule has 0 bridgehead atoms. The lowest BCUT2D eigenvalue weighted by molar-refractivity contribution is -0.144. The van der Waals surface area contributed by atoms with Crippen LogP contribution in [-0.2, 0) is 51.2 Å². The number of rotatable bonds is 26. The van der Waals surface area contributed by atoms with E-state index in [9.17, 15) is 48.6 Å². The third kappa shape index (κ3) is 17.8. The number of benzene rings is 2. The van der Waals surface area contributed by atoms with E-state index in [0.717, 1.165) is 0 Å². The standard InChI is InChI=1S/C47H70N14O10/c1-27(2)38(59-40(65)34(25-29-16-18-30(62)19-17-29)57-42(67)36-15-9-23-61(36)44(69)31(48)12-6-20-53-46(49)50)43(68)58-33(24-28-10-4-3-5-11-28)39(64)55-26-37(63)60-22-8-14-35(60)41(66)56-32(45(70)71)13-7-21-54-47(51)52/h3-5,10-11,16-19,27,31-36,38,62H,6-9,12-15,20-26,48H2,1-2H3,(H,55,64)(H,56,66)(H,57,67)(H,58,68)(H,59,65)(H,70,71)(H4,49,50,53)(H4,51,52,54)/t31-,32-,33-,34-,35-,36-,38-/m0/s1. The SMILES string of the molecule is CC(C)[C@H](NC(=O)[C@H](Cc1ccc(O)cc1)NC(=O)[C@@H]1CCCN1C(=O)[C@@H](N)CCCN=C(N)N)C(=O)N[C@@H](Cc1ccccc1)C(=O)NCC(=O)N1CCC[C@H]1C(=O)N[C@@H](CCCN=C(N)N)C(=O)O. The highest BCUT2D eigenvalue weighted by molar-refractivity contribution is 5.97. The zero-order valence-corrected chi connectivity index (χ0v) is 40.3. The molecular formula is C47H70N14O10. The number of phenolic OH excluding ortho intramolecular Hbond substituents is 1. The molecule has 388 valence electrons. The summed E-state index contributed by atoms with van der Waals surface area (Å²) in [6.07, 6.45) is 2.44. The number of hydrogen-bond donors (Lipinski definition) is 12. The van der Waals surface area contributed by atoms with E-state index in [1.807, 2.05) is 0 Å². The summed E-state index contributed by atoms with van der Waals surface area (Å²) in [5, 5.41) is 33.0. The summed E-state index contributed by atoms with van der Waals surface area (Å²) in [7, 11) is 0. The number of amides is 7. The number of nitrogens with two attached hydrogens (primary N) is 5. The number of aromatic hydroxyl groups is 1. The summed E-state index contributed by atoms with van der Waals surface area (Å²) >= 11 is 0. The molecule has 17 N–H and O–H groups in total. The Morgan fingerprint density at radius 3 is 1.75 bits per heavy atom. The van der Waals surface area contributed by atoms with Gasteiger partial charge < -0.3 is 75.3 Å². The van der Waals surface area contributed by atoms with Crippen LogP contribution in [0.5, 0.6) is 5.75 Å². The Labute approximate surface area is 412 Å². The largest absolute Gasteiger partial charge is 0.508 e. The first-order valence-electron chi connectivity index (χ1n) is 23.8. The number of carboxylic acid groups (broad SMARTS) is 1. The molecule has 71 heavy (non-hydrogen) atoms. The Balaban J connectivity index is 1.47. The van der Waals surface area contributed by atoms with Crippen LogP contribution in [0.25, 0.3) is 0 Å². The molecule has 2 aromatic carbocycles. The van der Waals surface area contributed by atoms with Gasteiger partial charge in [-0.25, -0.2) is 4.79 Å². The molecule has 0 spiro atoms. The molecule has 2 fully saturated rings. The summed E-state index contributed by atoms with van der Waals surface area (Å²) < 4.78 is 0. The Morgan fingerprint density at radius 2 is 1.18 bits per heavy atom. The normalized spacial score (nSPS) is 17.4. The number of carbonyl (C=O) groups excluding carboxylic acids is 7. The number of hydrogen-bond acceptors (Lipinski definition) is 12. The highest BCUT2D eigenvalue weighted by atomic mass is 16.4. The van der Waals surface area contributed by atoms with Gasteiger partial charge in [0.05, 0.1) is 12.6 Å². The molecule has 2 saturated heterocycles. The average molecular weight is 991 g/mol. The highest BCUT2D eigenvalue weighted by Crippen LogP contribution is 2.21. The number of nitrogens with zero attached hydrogens (tertiary/aromatic N) is 4. The number of carbonyl (C=O) groups is 8. The van der Waals surface area contributed by atoms with Gasteiger partial charge in [0.15, 0.2) is 11.9 Å². The molecule has 0 aromatic heterocycles. The van der Waals surface area contributed by atoms with Gasteiger partial charge in [-0.1, -0.05) is 56.3 Å². The van der Waals surface area contributed by atoms with Gasteiger partial charge in [0.1, 0.15) is 42.0 Å². The summed E-state index contributed by atoms with van der Waals surface area (Å²) in [6, 6.07) is 6.86. The molecule has 7 amide bonds. The monoisotopic (exact) mass is 991 g/mol. The molecule has 0 radical (unpaired) electrons. The molecule has 24 heteroatoms. The van der Waals surface area contributed by atoms with Gasteiger partial charge in [0, 0.05) is 39.0 Å². The summed E-state index contributed by atoms with van der Waals surface area (Å²) in [6.45, 7) is 3.68. The quantitative estimate of drug-likeness (QED) is 0.0261. The molecule has 0 unspecified atom stereocenters. The maximum absolute atomic E-state index is 14.3. The Bertz CT molecular complexity index is 2220. The van der Waals surface area contributed by atoms with Gasteiger partial charge >= 0.3 is 5.97 Å². The number of nitrogens with one attached hydrogen (secondary N) is 5. The fourth-order valence-corrected chi connectivity index (χ4v) is 8.37. The predicted octanol–water partition coefficient (Wildman–Crippen LogP) is -2.61. The molecule has 2 aliphatic heterocycles. The van der Waals surface area contributed by atoms with E-state index in [1.165, 1.54) is 21.9 Å². The lowest BCUT2D eigenvalue weighted by atomic mass is 9.99. The molecule has 4 rings (SSSR count). The van der Waals surface area contributed by atoms with Crippen molar-refractivity contribution < 1.29 is 48.6 Å². The lowest BCUT2D eigenvalue weighted by Gasteiger charge is -2.30. The van der Waals surface area contributed by atoms with E-state index in [2.05, 4.69) is 36.6 Å². The second-order valence-corrected chi connectivity index (χ2v) is 18.0. The van der Waals surface area contributed by atoms with Crippen LogP contribution in [0.1, 0.15) is 76.3 Å². The topological polar surface area (TPSA) is 398 Å². The Kier molecular flexibility index (Phi) is 21.8. The fraction of sp³-hybridized carbons (Fsp3) is 0.532. The van der Waals surface area contributed by atoms with Gasteiger partial charge in [-0.3, -0.25) is 43.5 Å². The maximum atomic E-state index is 14.3. The molecule has 7 atom stereocenters. The van der Waals surface area contributed by atoms with Crippen molar-refractivity contribution in [3.05, 3.63) is 65.7 Å². The van der Waals surface area contributed by atoms with Crippen molar-refractivity contribution in [2.75, 3.05) is 32.7 Å². The van der Waals surface area contributed by atoms with Crippen molar-refractivity contribution >= 4 is 59.2 Å². The van der Waals surface area contributed by atoms with Crippen LogP contribution >= 0.6 is 0 Å². The van der Waals surface area contributed by atoms with Crippen LogP contribution in [0, 0.1) is 5.92 Å². The second kappa shape index (κ2) is 27.6. The van der Waals surface area contributed by atoms with E-state index in [0.29, 0.717) is 36.8 Å². The van der Waals surface area contributed by atoms with E-state index in [4.69, 9.17) is 28.7 Å². The Morgan fingerprint density at radius 1 is 0.662 bits per heavy atom. The van der Waals surface area contributed by atoms with Gasteiger partial charge in [0.2, 0.25) is 41.4 Å². The van der Waals surface area contributed by atoms with E-state index < -0.39 is 102 Å². The van der Waals surface area contributed by atoms with Crippen LogP contribution in [-0.4, -0.2) is 154 Å². The summed E-state index contributed by atoms with van der Waals surface area (Å²) in [4.78, 5) is 119. The molecule has 24 nitrogen and oxygen atoms in total. The zero-order chi connectivity index (χ0) is 52.2. The highest BCUT2D eigenvalue weighted by Gasteiger charge is 2.39. The number of carboxylic acids is 1. The van der Waals surface area contributed by atoms with Crippen molar-refractivity contribution in [3.63, 3.8) is 0 Å². The molecule has 0 saturated carbocycles. The minimum absolute atomic E-state index is 0.0179. The van der Waals surface area contributed by atoms with Crippen molar-refractivity contribution in [1.82, 2.24) is 36.4 Å². The van der Waals surface area contributed by atoms with Gasteiger partial charge in [0.25, 0.3) is 0 Å². The van der Waals surface area contributed by atoms with Crippen LogP contribution in [0.4, 0.5) is 0 Å². The van der Waals surface area contributed by atoms with Gasteiger partial charge in [-0.2, -0.15) is 0 Å². The number of likely N-dealkylation sites (tertiary alicyclic amines) is 2. The lowest BCUT2D eigenvalue weighted by Crippen LogP contribution is -2.60. The number of phenols is 1. The average Bonchev–Trinajstić information content (AvgIpc) is 4.04. The maximum Gasteiger partial charge on any atom is 0.326 e. The number of guanidine groups is 2. The van der Waals surface area contributed by atoms with Crippen LogP contribution in [0.2, 0.25) is 0 Å². The molecule has 2 heterocycles. The fourth-order valence-electron chi connectivity index (χ4n) is 8.37. The van der Waals surface area contributed by atoms with Crippen LogP contribution < -0.4 is 55.3 Å². The minimum Gasteiger partial charge on any atom is -0.508 e. The van der Waals surface area contributed by atoms with E-state index >= 15 is 0 Å². The van der Waals surface area contributed by atoms with Gasteiger partial charge in [-0.05, 0) is 80.5 Å². The van der Waals surface area contributed by atoms with E-state index in [-0.39, 0.29) is 82.4 Å². The molecule has 2 aromatic rings. The smallest absolute Gasteiger partial charge is 0.326 e. The van der Waals surface area contributed by atoms with Gasteiger partial charge in [-0.15, -0.1) is 0 Å². The first-order valence-corrected chi connectivity index (χ1v) is 23.8. The number of aliphatic imine (C=N–C) groups is 2.